The zero-order chi connectivity index (χ0) is 28.7. The van der Waals surface area contributed by atoms with Crippen molar-refractivity contribution in [1.82, 2.24) is 40.8 Å². The molecular weight excluding hydrogens is 556 g/mol. The summed E-state index contributed by atoms with van der Waals surface area (Å²) < 4.78 is 54.2. The maximum atomic E-state index is 14.6. The number of pyridine rings is 1. The largest absolute Gasteiger partial charge is 0.508 e. The summed E-state index contributed by atoms with van der Waals surface area (Å²) in [5.41, 5.74) is -0.0603. The third kappa shape index (κ3) is 8.02. The lowest BCUT2D eigenvalue weighted by Crippen LogP contribution is -2.23. The topological polar surface area (TPSA) is 148 Å². The molecule has 40 heavy (non-hydrogen) atoms. The van der Waals surface area contributed by atoms with Crippen LogP contribution < -0.4 is 10.6 Å². The first-order chi connectivity index (χ1) is 19.1. The van der Waals surface area contributed by atoms with Crippen molar-refractivity contribution in [2.45, 2.75) is 44.8 Å². The molecule has 210 valence electrons. The third-order valence-electron chi connectivity index (χ3n) is 5.43. The van der Waals surface area contributed by atoms with Crippen LogP contribution in [0.15, 0.2) is 48.9 Å². The number of hydrogen-bond donors (Lipinski definition) is 3. The van der Waals surface area contributed by atoms with Crippen LogP contribution in [0.25, 0.3) is 0 Å². The molecule has 1 aromatic carbocycles. The van der Waals surface area contributed by atoms with Gasteiger partial charge in [-0.2, -0.15) is 13.2 Å². The first-order valence-electron chi connectivity index (χ1n) is 11.8. The SMILES string of the molecule is O=C(NCc1cccc(O)c1)c1cn(CC(F)CCc2nnc(C(=O)NCc3cncc(C(F)(F)F)c3)s2)nn1. The molecule has 16 heteroatoms. The van der Waals surface area contributed by atoms with Gasteiger partial charge in [-0.25, -0.2) is 9.07 Å². The van der Waals surface area contributed by atoms with Crippen molar-refractivity contribution in [3.63, 3.8) is 0 Å². The normalized spacial score (nSPS) is 12.2. The van der Waals surface area contributed by atoms with Crippen molar-refractivity contribution in [1.29, 1.82) is 0 Å². The quantitative estimate of drug-likeness (QED) is 0.230. The number of aromatic hydroxyl groups is 1. The lowest BCUT2D eigenvalue weighted by atomic mass is 10.2. The summed E-state index contributed by atoms with van der Waals surface area (Å²) in [6, 6.07) is 7.29. The number of aryl methyl sites for hydroxylation is 1. The van der Waals surface area contributed by atoms with Crippen LogP contribution in [-0.2, 0) is 32.2 Å². The van der Waals surface area contributed by atoms with Crippen LogP contribution in [0.1, 0.15) is 48.4 Å². The highest BCUT2D eigenvalue weighted by Gasteiger charge is 2.31. The van der Waals surface area contributed by atoms with Gasteiger partial charge in [0.25, 0.3) is 11.8 Å². The number of phenolic OH excluding ortho intramolecular Hbond substituents is 1. The summed E-state index contributed by atoms with van der Waals surface area (Å²) in [6.45, 7) is -0.189. The van der Waals surface area contributed by atoms with E-state index in [-0.39, 0.29) is 54.5 Å². The standard InChI is InChI=1S/C24H22F4N8O3S/c25-17(12-36-13-19(32-35-36)21(38)30-9-14-2-1-3-18(37)7-14)4-5-20-33-34-23(40-20)22(39)31-10-15-6-16(11-29-8-15)24(26,27)28/h1-3,6-8,11,13,17,37H,4-5,9-10,12H2,(H,30,38)(H,31,39). The number of carbonyl (C=O) groups is 2. The minimum atomic E-state index is -4.55. The van der Waals surface area contributed by atoms with Gasteiger partial charge in [0.05, 0.1) is 18.3 Å². The molecule has 0 saturated carbocycles. The Morgan fingerprint density at radius 1 is 1.02 bits per heavy atom. The molecule has 3 aromatic heterocycles. The fourth-order valence-electron chi connectivity index (χ4n) is 3.45. The lowest BCUT2D eigenvalue weighted by Gasteiger charge is -2.08. The molecule has 0 aliphatic carbocycles. The van der Waals surface area contributed by atoms with Crippen LogP contribution in [0.4, 0.5) is 17.6 Å². The van der Waals surface area contributed by atoms with Crippen LogP contribution in [0, 0.1) is 0 Å². The van der Waals surface area contributed by atoms with E-state index in [0.717, 1.165) is 17.4 Å². The molecule has 0 aliphatic rings. The van der Waals surface area contributed by atoms with E-state index in [1.54, 1.807) is 12.1 Å². The Balaban J connectivity index is 1.21. The number of halogens is 4. The first-order valence-corrected chi connectivity index (χ1v) is 12.6. The Morgan fingerprint density at radius 2 is 1.80 bits per heavy atom. The Morgan fingerprint density at radius 3 is 2.58 bits per heavy atom. The molecule has 0 aliphatic heterocycles. The minimum absolute atomic E-state index is 0.00745. The van der Waals surface area contributed by atoms with E-state index in [9.17, 15) is 32.3 Å². The average molecular weight is 579 g/mol. The van der Waals surface area contributed by atoms with Gasteiger partial charge in [0.1, 0.15) is 16.9 Å². The van der Waals surface area contributed by atoms with Gasteiger partial charge in [-0.15, -0.1) is 15.3 Å². The van der Waals surface area contributed by atoms with Crippen LogP contribution >= 0.6 is 11.3 Å². The van der Waals surface area contributed by atoms with Gasteiger partial charge >= 0.3 is 6.18 Å². The molecule has 11 nitrogen and oxygen atoms in total. The molecule has 4 aromatic rings. The van der Waals surface area contributed by atoms with Crippen LogP contribution in [0.2, 0.25) is 0 Å². The van der Waals surface area contributed by atoms with Crippen molar-refractivity contribution in [3.05, 3.63) is 81.3 Å². The number of rotatable bonds is 11. The molecular formula is C24H22F4N8O3S. The average Bonchev–Trinajstić information content (AvgIpc) is 3.59. The van der Waals surface area contributed by atoms with E-state index in [2.05, 4.69) is 36.1 Å². The van der Waals surface area contributed by atoms with Gasteiger partial charge in [-0.1, -0.05) is 28.7 Å². The van der Waals surface area contributed by atoms with E-state index in [1.165, 1.54) is 29.2 Å². The summed E-state index contributed by atoms with van der Waals surface area (Å²) >= 11 is 0.944. The summed E-state index contributed by atoms with van der Waals surface area (Å²) in [4.78, 5) is 28.1. The summed E-state index contributed by atoms with van der Waals surface area (Å²) in [5.74, 6) is -1.06. The van der Waals surface area contributed by atoms with E-state index < -0.39 is 29.7 Å². The summed E-state index contributed by atoms with van der Waals surface area (Å²) in [7, 11) is 0. The van der Waals surface area contributed by atoms with Crippen LogP contribution in [0.5, 0.6) is 5.75 Å². The van der Waals surface area contributed by atoms with Crippen molar-refractivity contribution in [2.75, 3.05) is 0 Å². The zero-order valence-corrected chi connectivity index (χ0v) is 21.4. The van der Waals surface area contributed by atoms with Gasteiger partial charge in [0, 0.05) is 31.9 Å². The maximum Gasteiger partial charge on any atom is 0.417 e. The number of alkyl halides is 4. The predicted octanol–water partition coefficient (Wildman–Crippen LogP) is 3.08. The molecule has 4 rings (SSSR count). The van der Waals surface area contributed by atoms with Gasteiger partial charge in [-0.3, -0.25) is 14.6 Å². The van der Waals surface area contributed by atoms with Gasteiger partial charge in [-0.05, 0) is 35.7 Å². The molecule has 0 saturated heterocycles. The number of hydrogen-bond acceptors (Lipinski definition) is 9. The highest BCUT2D eigenvalue weighted by Crippen LogP contribution is 2.28. The van der Waals surface area contributed by atoms with Crippen LogP contribution in [-0.4, -0.2) is 53.3 Å². The predicted molar refractivity (Wildman–Crippen MR) is 133 cm³/mol. The highest BCUT2D eigenvalue weighted by atomic mass is 32.1. The summed E-state index contributed by atoms with van der Waals surface area (Å²) in [5, 5.41) is 30.1. The Kier molecular flexibility index (Phi) is 8.98. The number of nitrogens with zero attached hydrogens (tertiary/aromatic N) is 6. The fraction of sp³-hybridized carbons (Fsp3) is 0.292. The number of benzene rings is 1. The van der Waals surface area contributed by atoms with Gasteiger partial charge in [0.15, 0.2) is 5.69 Å². The molecule has 0 fully saturated rings. The van der Waals surface area contributed by atoms with E-state index >= 15 is 0 Å². The Hall–Kier alpha value is -4.47. The number of amides is 2. The van der Waals surface area contributed by atoms with Gasteiger partial charge < -0.3 is 15.7 Å². The second-order valence-corrected chi connectivity index (χ2v) is 9.64. The number of carbonyl (C=O) groups excluding carboxylic acids is 2. The molecule has 1 atom stereocenters. The molecule has 3 N–H and O–H groups in total. The maximum absolute atomic E-state index is 14.6. The van der Waals surface area contributed by atoms with E-state index in [4.69, 9.17) is 0 Å². The van der Waals surface area contributed by atoms with Crippen molar-refractivity contribution >= 4 is 23.2 Å². The number of aromatic nitrogens is 6. The Bertz CT molecular complexity index is 1480. The number of phenols is 1. The van der Waals surface area contributed by atoms with Crippen molar-refractivity contribution in [3.8, 4) is 5.75 Å². The molecule has 3 heterocycles. The Labute approximate surface area is 228 Å². The highest BCUT2D eigenvalue weighted by molar-refractivity contribution is 7.13. The second kappa shape index (κ2) is 12.6. The van der Waals surface area contributed by atoms with Crippen LogP contribution in [0.3, 0.4) is 0 Å². The second-order valence-electron chi connectivity index (χ2n) is 8.58. The van der Waals surface area contributed by atoms with E-state index in [0.29, 0.717) is 16.8 Å². The summed E-state index contributed by atoms with van der Waals surface area (Å²) in [6.07, 6.45) is -2.48. The smallest absolute Gasteiger partial charge is 0.417 e. The first kappa shape index (κ1) is 28.5. The van der Waals surface area contributed by atoms with E-state index in [1.807, 2.05) is 0 Å². The molecule has 1 unspecified atom stereocenters. The van der Waals surface area contributed by atoms with Crippen molar-refractivity contribution in [2.24, 2.45) is 0 Å². The number of nitrogens with one attached hydrogen (secondary N) is 2. The lowest BCUT2D eigenvalue weighted by molar-refractivity contribution is -0.137. The monoisotopic (exact) mass is 578 g/mol. The molecule has 2 amide bonds. The third-order valence-corrected chi connectivity index (χ3v) is 6.41. The molecule has 0 bridgehead atoms. The van der Waals surface area contributed by atoms with Gasteiger partial charge in [0.2, 0.25) is 5.01 Å². The molecule has 0 spiro atoms. The zero-order valence-electron chi connectivity index (χ0n) is 20.6. The van der Waals surface area contributed by atoms with Crippen molar-refractivity contribution < 1.29 is 32.3 Å². The molecule has 0 radical (unpaired) electrons. The fourth-order valence-corrected chi connectivity index (χ4v) is 4.22. The minimum Gasteiger partial charge on any atom is -0.508 e.